The van der Waals surface area contributed by atoms with Gasteiger partial charge in [-0.05, 0) is 88.4 Å². The van der Waals surface area contributed by atoms with Gasteiger partial charge in [0, 0.05) is 43.1 Å². The van der Waals surface area contributed by atoms with E-state index in [1.165, 1.54) is 16.7 Å². The Labute approximate surface area is 232 Å². The third-order valence-corrected chi connectivity index (χ3v) is 7.79. The Bertz CT molecular complexity index is 1400. The van der Waals surface area contributed by atoms with Crippen molar-refractivity contribution in [3.8, 4) is 11.8 Å². The van der Waals surface area contributed by atoms with E-state index in [-0.39, 0.29) is 10.8 Å². The van der Waals surface area contributed by atoms with E-state index in [1.54, 1.807) is 29.7 Å². The SMILES string of the molecule is CN(C)c1ccc(CNc2cc(C(O)C#Cc3ccc(C(=O)NO)cc3)cc3c2C(C)(C)CCC3(C)C)cc1. The molecule has 1 amide bonds. The van der Waals surface area contributed by atoms with Crippen LogP contribution in [-0.2, 0) is 17.4 Å². The average molecular weight is 526 g/mol. The maximum atomic E-state index is 11.6. The summed E-state index contributed by atoms with van der Waals surface area (Å²) in [4.78, 5) is 13.7. The average Bonchev–Trinajstić information content (AvgIpc) is 2.92. The number of hydrogen-bond acceptors (Lipinski definition) is 5. The Kier molecular flexibility index (Phi) is 8.06. The summed E-state index contributed by atoms with van der Waals surface area (Å²) >= 11 is 0. The van der Waals surface area contributed by atoms with Crippen LogP contribution in [0.15, 0.2) is 60.7 Å². The number of hydrogen-bond donors (Lipinski definition) is 4. The highest BCUT2D eigenvalue weighted by Gasteiger charge is 2.39. The molecule has 0 bridgehead atoms. The summed E-state index contributed by atoms with van der Waals surface area (Å²) in [6.45, 7) is 9.83. The number of aliphatic hydroxyl groups is 1. The molecule has 1 aliphatic rings. The predicted octanol–water partition coefficient (Wildman–Crippen LogP) is 5.92. The zero-order valence-corrected chi connectivity index (χ0v) is 23.7. The summed E-state index contributed by atoms with van der Waals surface area (Å²) in [5.41, 5.74) is 9.30. The van der Waals surface area contributed by atoms with Crippen LogP contribution in [0.25, 0.3) is 0 Å². The molecule has 1 atom stereocenters. The fourth-order valence-electron chi connectivity index (χ4n) is 5.22. The summed E-state index contributed by atoms with van der Waals surface area (Å²) in [5.74, 6) is 5.41. The van der Waals surface area contributed by atoms with Crippen molar-refractivity contribution in [2.45, 2.75) is 64.0 Å². The number of fused-ring (bicyclic) bond motifs is 1. The lowest BCUT2D eigenvalue weighted by atomic mass is 9.62. The topological polar surface area (TPSA) is 84.8 Å². The number of rotatable bonds is 6. The second-order valence-electron chi connectivity index (χ2n) is 11.9. The van der Waals surface area contributed by atoms with Crippen molar-refractivity contribution in [2.75, 3.05) is 24.3 Å². The van der Waals surface area contributed by atoms with Crippen LogP contribution in [0.5, 0.6) is 0 Å². The summed E-state index contributed by atoms with van der Waals surface area (Å²) in [7, 11) is 4.07. The highest BCUT2D eigenvalue weighted by atomic mass is 16.5. The molecule has 0 aromatic heterocycles. The summed E-state index contributed by atoms with van der Waals surface area (Å²) in [6, 6.07) is 19.3. The van der Waals surface area contributed by atoms with Crippen molar-refractivity contribution >= 4 is 17.3 Å². The third kappa shape index (κ3) is 6.27. The lowest BCUT2D eigenvalue weighted by Gasteiger charge is -2.43. The number of aliphatic hydroxyl groups excluding tert-OH is 1. The lowest BCUT2D eigenvalue weighted by Crippen LogP contribution is -2.35. The second kappa shape index (κ2) is 11.1. The quantitative estimate of drug-likeness (QED) is 0.182. The summed E-state index contributed by atoms with van der Waals surface area (Å²) in [6.07, 6.45) is 1.18. The van der Waals surface area contributed by atoms with Gasteiger partial charge in [-0.15, -0.1) is 0 Å². The largest absolute Gasteiger partial charge is 0.381 e. The predicted molar refractivity (Wildman–Crippen MR) is 157 cm³/mol. The van der Waals surface area contributed by atoms with Crippen LogP contribution in [0.4, 0.5) is 11.4 Å². The van der Waals surface area contributed by atoms with Gasteiger partial charge < -0.3 is 15.3 Å². The van der Waals surface area contributed by atoms with Gasteiger partial charge in [-0.25, -0.2) is 5.48 Å². The van der Waals surface area contributed by atoms with Crippen molar-refractivity contribution in [1.29, 1.82) is 0 Å². The number of carbonyl (C=O) groups excluding carboxylic acids is 1. The van der Waals surface area contributed by atoms with Crippen LogP contribution < -0.4 is 15.7 Å². The van der Waals surface area contributed by atoms with E-state index in [1.807, 2.05) is 20.2 Å². The van der Waals surface area contributed by atoms with Crippen LogP contribution in [0, 0.1) is 11.8 Å². The third-order valence-electron chi connectivity index (χ3n) is 7.79. The van der Waals surface area contributed by atoms with Crippen LogP contribution in [0.2, 0.25) is 0 Å². The van der Waals surface area contributed by atoms with E-state index in [0.29, 0.717) is 17.7 Å². The molecule has 0 radical (unpaired) electrons. The number of benzene rings is 3. The van der Waals surface area contributed by atoms with Gasteiger partial charge >= 0.3 is 0 Å². The van der Waals surface area contributed by atoms with E-state index in [2.05, 4.69) is 80.1 Å². The lowest BCUT2D eigenvalue weighted by molar-refractivity contribution is 0.0706. The highest BCUT2D eigenvalue weighted by molar-refractivity contribution is 5.93. The maximum absolute atomic E-state index is 11.6. The minimum absolute atomic E-state index is 0.000263. The molecule has 0 saturated heterocycles. The van der Waals surface area contributed by atoms with Gasteiger partial charge in [-0.3, -0.25) is 10.0 Å². The molecule has 0 fully saturated rings. The Hall–Kier alpha value is -3.79. The van der Waals surface area contributed by atoms with Crippen molar-refractivity contribution in [2.24, 2.45) is 0 Å². The minimum atomic E-state index is -0.975. The molecule has 0 aliphatic heterocycles. The normalized spacial score (nSPS) is 15.8. The monoisotopic (exact) mass is 525 g/mol. The Balaban J connectivity index is 1.67. The number of amides is 1. The van der Waals surface area contributed by atoms with Gasteiger partial charge in [0.25, 0.3) is 5.91 Å². The first kappa shape index (κ1) is 28.2. The molecule has 0 heterocycles. The van der Waals surface area contributed by atoms with Crippen molar-refractivity contribution < 1.29 is 15.1 Å². The number of carbonyl (C=O) groups is 1. The van der Waals surface area contributed by atoms with Gasteiger partial charge in [0.15, 0.2) is 0 Å². The van der Waals surface area contributed by atoms with Gasteiger partial charge in [0.1, 0.15) is 6.10 Å². The van der Waals surface area contributed by atoms with Crippen LogP contribution in [0.3, 0.4) is 0 Å². The van der Waals surface area contributed by atoms with E-state index in [0.717, 1.165) is 29.8 Å². The van der Waals surface area contributed by atoms with E-state index < -0.39 is 12.0 Å². The van der Waals surface area contributed by atoms with Crippen LogP contribution in [0.1, 0.15) is 84.8 Å². The van der Waals surface area contributed by atoms with Gasteiger partial charge in [-0.1, -0.05) is 57.7 Å². The van der Waals surface area contributed by atoms with E-state index >= 15 is 0 Å². The molecule has 4 N–H and O–H groups in total. The zero-order valence-electron chi connectivity index (χ0n) is 23.7. The zero-order chi connectivity index (χ0) is 28.4. The Morgan fingerprint density at radius 3 is 2.23 bits per heavy atom. The Morgan fingerprint density at radius 1 is 0.974 bits per heavy atom. The Morgan fingerprint density at radius 2 is 1.62 bits per heavy atom. The standard InChI is InChI=1S/C33H39N3O3/c1-32(2)17-18-33(3,4)30-27(32)19-25(20-28(30)34-21-23-9-14-26(15-10-23)36(5)6)29(37)16-11-22-7-12-24(13-8-22)31(38)35-39/h7-10,12-15,19-20,29,34,37,39H,17-18,21H2,1-6H3,(H,35,38). The summed E-state index contributed by atoms with van der Waals surface area (Å²) in [5, 5.41) is 23.6. The molecule has 204 valence electrons. The van der Waals surface area contributed by atoms with E-state index in [9.17, 15) is 9.90 Å². The molecule has 6 heteroatoms. The molecular weight excluding hydrogens is 486 g/mol. The van der Waals surface area contributed by atoms with Crippen LogP contribution in [-0.4, -0.2) is 30.3 Å². The molecule has 0 saturated carbocycles. The van der Waals surface area contributed by atoms with Gasteiger partial charge in [0.05, 0.1) is 0 Å². The number of nitrogens with zero attached hydrogens (tertiary/aromatic N) is 1. The molecule has 0 spiro atoms. The molecule has 4 rings (SSSR count). The fraction of sp³-hybridized carbons (Fsp3) is 0.364. The maximum Gasteiger partial charge on any atom is 0.274 e. The molecule has 3 aromatic rings. The molecule has 6 nitrogen and oxygen atoms in total. The molecule has 3 aromatic carbocycles. The van der Waals surface area contributed by atoms with Crippen molar-refractivity contribution in [1.82, 2.24) is 5.48 Å². The molecule has 39 heavy (non-hydrogen) atoms. The fourth-order valence-corrected chi connectivity index (χ4v) is 5.22. The molecule has 1 aliphatic carbocycles. The summed E-state index contributed by atoms with van der Waals surface area (Å²) < 4.78 is 0. The molecule has 1 unspecified atom stereocenters. The highest BCUT2D eigenvalue weighted by Crippen LogP contribution is 2.49. The minimum Gasteiger partial charge on any atom is -0.381 e. The number of hydroxylamine groups is 1. The number of anilines is 2. The first-order valence-electron chi connectivity index (χ1n) is 13.3. The molecular formula is C33H39N3O3. The first-order valence-corrected chi connectivity index (χ1v) is 13.3. The van der Waals surface area contributed by atoms with Crippen molar-refractivity contribution in [3.63, 3.8) is 0 Å². The van der Waals surface area contributed by atoms with Crippen molar-refractivity contribution in [3.05, 3.63) is 94.0 Å². The number of nitrogens with one attached hydrogen (secondary N) is 2. The van der Waals surface area contributed by atoms with E-state index in [4.69, 9.17) is 5.21 Å². The van der Waals surface area contributed by atoms with Gasteiger partial charge in [0.2, 0.25) is 0 Å². The van der Waals surface area contributed by atoms with Gasteiger partial charge in [-0.2, -0.15) is 0 Å². The second-order valence-corrected chi connectivity index (χ2v) is 11.9. The van der Waals surface area contributed by atoms with Crippen LogP contribution >= 0.6 is 0 Å². The first-order chi connectivity index (χ1) is 18.4. The smallest absolute Gasteiger partial charge is 0.274 e.